The minimum absolute atomic E-state index is 0.000327. The molecule has 2 atom stereocenters. The first kappa shape index (κ1) is 18.9. The summed E-state index contributed by atoms with van der Waals surface area (Å²) in [7, 11) is 3.47. The van der Waals surface area contributed by atoms with Crippen LogP contribution in [0.25, 0.3) is 0 Å². The van der Waals surface area contributed by atoms with Gasteiger partial charge >= 0.3 is 0 Å². The highest BCUT2D eigenvalue weighted by Crippen LogP contribution is 2.42. The maximum atomic E-state index is 13.7. The molecule has 2 heterocycles. The fourth-order valence-electron chi connectivity index (χ4n) is 4.54. The Morgan fingerprint density at radius 1 is 1.25 bits per heavy atom. The van der Waals surface area contributed by atoms with Crippen molar-refractivity contribution in [2.24, 2.45) is 0 Å². The Hall–Kier alpha value is -2.44. The van der Waals surface area contributed by atoms with Gasteiger partial charge in [0.2, 0.25) is 5.91 Å². The van der Waals surface area contributed by atoms with Crippen LogP contribution in [-0.4, -0.2) is 55.7 Å². The second-order valence-electron chi connectivity index (χ2n) is 7.48. The minimum atomic E-state index is -0.473. The summed E-state index contributed by atoms with van der Waals surface area (Å²) < 4.78 is 25.2. The van der Waals surface area contributed by atoms with Crippen LogP contribution in [-0.2, 0) is 21.6 Å². The number of fused-ring (bicyclic) bond motifs is 1. The molecule has 1 amide bonds. The van der Waals surface area contributed by atoms with E-state index in [1.54, 1.807) is 13.2 Å². The van der Waals surface area contributed by atoms with Crippen LogP contribution in [0.4, 0.5) is 4.39 Å². The van der Waals surface area contributed by atoms with Crippen molar-refractivity contribution in [2.75, 3.05) is 33.9 Å². The number of nitrogens with zero attached hydrogens (tertiary/aromatic N) is 2. The zero-order valence-corrected chi connectivity index (χ0v) is 16.2. The molecule has 0 unspecified atom stereocenters. The Labute approximate surface area is 164 Å². The topological polar surface area (TPSA) is 42.0 Å². The number of carbonyl (C=O) groups excluding carboxylic acids is 1. The lowest BCUT2D eigenvalue weighted by atomic mass is 9.76. The largest absolute Gasteiger partial charge is 0.496 e. The number of benzene rings is 2. The molecule has 28 heavy (non-hydrogen) atoms. The molecular weight excluding hydrogens is 359 g/mol. The molecule has 0 spiro atoms. The highest BCUT2D eigenvalue weighted by molar-refractivity contribution is 5.79. The van der Waals surface area contributed by atoms with E-state index in [0.29, 0.717) is 18.8 Å². The number of hydrogen-bond donors (Lipinski definition) is 0. The number of morpholine rings is 1. The van der Waals surface area contributed by atoms with Crippen LogP contribution in [0, 0.1) is 5.82 Å². The van der Waals surface area contributed by atoms with Crippen LogP contribution >= 0.6 is 0 Å². The molecule has 0 aromatic heterocycles. The molecule has 0 radical (unpaired) electrons. The van der Waals surface area contributed by atoms with E-state index < -0.39 is 5.54 Å². The van der Waals surface area contributed by atoms with Gasteiger partial charge in [-0.15, -0.1) is 0 Å². The van der Waals surface area contributed by atoms with E-state index >= 15 is 0 Å². The Morgan fingerprint density at radius 3 is 2.79 bits per heavy atom. The van der Waals surface area contributed by atoms with Crippen LogP contribution in [0.15, 0.2) is 48.5 Å². The van der Waals surface area contributed by atoms with E-state index in [0.717, 1.165) is 24.1 Å². The predicted octanol–water partition coefficient (Wildman–Crippen LogP) is 2.79. The molecular formula is C22H25FN2O3. The normalized spacial score (nSPS) is 25.5. The average Bonchev–Trinajstić information content (AvgIpc) is 2.72. The molecule has 0 N–H and O–H groups in total. The number of hydrogen-bond acceptors (Lipinski definition) is 4. The van der Waals surface area contributed by atoms with Crippen molar-refractivity contribution in [2.45, 2.75) is 24.6 Å². The number of halogens is 1. The lowest BCUT2D eigenvalue weighted by Crippen LogP contribution is -2.66. The van der Waals surface area contributed by atoms with Crippen LogP contribution in [0.3, 0.4) is 0 Å². The van der Waals surface area contributed by atoms with E-state index in [1.807, 2.05) is 30.1 Å². The van der Waals surface area contributed by atoms with Crippen molar-refractivity contribution in [1.82, 2.24) is 9.80 Å². The second kappa shape index (κ2) is 7.53. The van der Waals surface area contributed by atoms with Crippen molar-refractivity contribution in [1.29, 1.82) is 0 Å². The number of carbonyl (C=O) groups is 1. The van der Waals surface area contributed by atoms with Crippen molar-refractivity contribution >= 4 is 5.91 Å². The van der Waals surface area contributed by atoms with Gasteiger partial charge in [-0.05, 0) is 30.2 Å². The van der Waals surface area contributed by atoms with Gasteiger partial charge in [0.05, 0.1) is 18.8 Å². The van der Waals surface area contributed by atoms with E-state index in [-0.39, 0.29) is 24.4 Å². The lowest BCUT2D eigenvalue weighted by Gasteiger charge is -2.55. The van der Waals surface area contributed by atoms with Gasteiger partial charge in [0.15, 0.2) is 0 Å². The zero-order chi connectivity index (χ0) is 19.7. The molecule has 2 saturated heterocycles. The lowest BCUT2D eigenvalue weighted by molar-refractivity contribution is -0.183. The second-order valence-corrected chi connectivity index (χ2v) is 7.48. The van der Waals surface area contributed by atoms with Gasteiger partial charge in [0.1, 0.15) is 18.2 Å². The maximum Gasteiger partial charge on any atom is 0.249 e. The standard InChI is InChI=1S/C22H25FN2O3/c1-24-21(26)15-28-20-14-25(13-16-12-18(23)8-9-19(16)27-2)11-10-22(20,24)17-6-4-3-5-7-17/h3-9,12,20H,10-11,13-15H2,1-2H3/t20-,22+/m1/s1. The summed E-state index contributed by atoms with van der Waals surface area (Å²) >= 11 is 0. The Balaban J connectivity index is 1.61. The molecule has 6 heteroatoms. The van der Waals surface area contributed by atoms with Gasteiger partial charge in [-0.2, -0.15) is 0 Å². The summed E-state index contributed by atoms with van der Waals surface area (Å²) in [5, 5.41) is 0. The molecule has 4 rings (SSSR count). The van der Waals surface area contributed by atoms with E-state index in [4.69, 9.17) is 9.47 Å². The minimum Gasteiger partial charge on any atom is -0.496 e. The first-order chi connectivity index (χ1) is 13.5. The Bertz CT molecular complexity index is 860. The van der Waals surface area contributed by atoms with E-state index in [9.17, 15) is 9.18 Å². The fraction of sp³-hybridized carbons (Fsp3) is 0.409. The van der Waals surface area contributed by atoms with E-state index in [2.05, 4.69) is 17.0 Å². The molecule has 2 aliphatic heterocycles. The Morgan fingerprint density at radius 2 is 2.04 bits per heavy atom. The van der Waals surface area contributed by atoms with Crippen molar-refractivity contribution < 1.29 is 18.7 Å². The van der Waals surface area contributed by atoms with Gasteiger partial charge in [-0.3, -0.25) is 9.69 Å². The molecule has 0 saturated carbocycles. The molecule has 148 valence electrons. The van der Waals surface area contributed by atoms with Crippen molar-refractivity contribution in [3.05, 3.63) is 65.5 Å². The summed E-state index contributed by atoms with van der Waals surface area (Å²) in [4.78, 5) is 16.6. The molecule has 0 aliphatic carbocycles. The van der Waals surface area contributed by atoms with Gasteiger partial charge in [0, 0.05) is 32.2 Å². The number of rotatable bonds is 4. The number of amides is 1. The maximum absolute atomic E-state index is 13.7. The van der Waals surface area contributed by atoms with Gasteiger partial charge in [-0.25, -0.2) is 4.39 Å². The molecule has 0 bridgehead atoms. The van der Waals surface area contributed by atoms with Gasteiger partial charge < -0.3 is 14.4 Å². The molecule has 2 fully saturated rings. The van der Waals surface area contributed by atoms with Crippen LogP contribution in [0.2, 0.25) is 0 Å². The summed E-state index contributed by atoms with van der Waals surface area (Å²) in [6.45, 7) is 2.09. The average molecular weight is 384 g/mol. The molecule has 5 nitrogen and oxygen atoms in total. The third kappa shape index (κ3) is 3.16. The zero-order valence-electron chi connectivity index (χ0n) is 16.2. The summed E-state index contributed by atoms with van der Waals surface area (Å²) in [6.07, 6.45) is 0.604. The summed E-state index contributed by atoms with van der Waals surface area (Å²) in [6, 6.07) is 14.7. The van der Waals surface area contributed by atoms with Crippen molar-refractivity contribution in [3.63, 3.8) is 0 Å². The number of likely N-dealkylation sites (N-methyl/N-ethyl adjacent to an activating group) is 1. The number of piperidine rings is 1. The number of methoxy groups -OCH3 is 1. The molecule has 2 aromatic carbocycles. The number of likely N-dealkylation sites (tertiary alicyclic amines) is 1. The van der Waals surface area contributed by atoms with Crippen LogP contribution < -0.4 is 4.74 Å². The molecule has 2 aliphatic rings. The van der Waals surface area contributed by atoms with Gasteiger partial charge in [-0.1, -0.05) is 30.3 Å². The third-order valence-corrected chi connectivity index (χ3v) is 6.06. The summed E-state index contributed by atoms with van der Waals surface area (Å²) in [5.41, 5.74) is 1.44. The number of ether oxygens (including phenoxy) is 2. The molecule has 2 aromatic rings. The first-order valence-electron chi connectivity index (χ1n) is 9.53. The van der Waals surface area contributed by atoms with Crippen LogP contribution in [0.5, 0.6) is 5.75 Å². The quantitative estimate of drug-likeness (QED) is 0.813. The fourth-order valence-corrected chi connectivity index (χ4v) is 4.54. The van der Waals surface area contributed by atoms with Crippen molar-refractivity contribution in [3.8, 4) is 5.75 Å². The highest BCUT2D eigenvalue weighted by atomic mass is 19.1. The predicted molar refractivity (Wildman–Crippen MR) is 103 cm³/mol. The smallest absolute Gasteiger partial charge is 0.249 e. The third-order valence-electron chi connectivity index (χ3n) is 6.06. The van der Waals surface area contributed by atoms with Crippen LogP contribution in [0.1, 0.15) is 17.5 Å². The SMILES string of the molecule is COc1ccc(F)cc1CN1CC[C@]2(c3ccccc3)[C@@H](C1)OCC(=O)N2C. The highest BCUT2D eigenvalue weighted by Gasteiger charge is 2.52. The summed E-state index contributed by atoms with van der Waals surface area (Å²) in [5.74, 6) is 0.407. The van der Waals surface area contributed by atoms with Gasteiger partial charge in [0.25, 0.3) is 0 Å². The first-order valence-corrected chi connectivity index (χ1v) is 9.53. The monoisotopic (exact) mass is 384 g/mol. The van der Waals surface area contributed by atoms with E-state index in [1.165, 1.54) is 12.1 Å². The Kier molecular flexibility index (Phi) is 5.08.